The maximum Gasteiger partial charge on any atom is 0.335 e. The van der Waals surface area contributed by atoms with Gasteiger partial charge in [0.05, 0.1) is 26.9 Å². The molecule has 0 aliphatic heterocycles. The quantitative estimate of drug-likeness (QED) is 0.503. The maximum atomic E-state index is 11.1. The number of ether oxygens (including phenoxy) is 4. The number of carbonyl (C=O) groups is 1. The number of benzene rings is 2. The van der Waals surface area contributed by atoms with Gasteiger partial charge in [0.25, 0.3) is 0 Å². The van der Waals surface area contributed by atoms with E-state index >= 15 is 0 Å². The van der Waals surface area contributed by atoms with Crippen LogP contribution in [0.25, 0.3) is 0 Å². The topological polar surface area (TPSA) is 112 Å². The SMILES string of the molecule is COc1nc(NCCc2ccc(OC)c(OC)c2)cc(Oc2cccc(C(=O)O)c2)n1. The zero-order chi connectivity index (χ0) is 22.2. The van der Waals surface area contributed by atoms with Crippen molar-refractivity contribution < 1.29 is 28.8 Å². The lowest BCUT2D eigenvalue weighted by Gasteiger charge is -2.12. The third-order valence-corrected chi connectivity index (χ3v) is 4.34. The van der Waals surface area contributed by atoms with Gasteiger partial charge in [-0.1, -0.05) is 12.1 Å². The second kappa shape index (κ2) is 10.1. The van der Waals surface area contributed by atoms with Crippen LogP contribution in [0.1, 0.15) is 15.9 Å². The number of carboxylic acids is 1. The first kappa shape index (κ1) is 21.7. The first-order chi connectivity index (χ1) is 15.0. The Bertz CT molecular complexity index is 1060. The number of nitrogens with one attached hydrogen (secondary N) is 1. The fourth-order valence-electron chi connectivity index (χ4n) is 2.82. The van der Waals surface area contributed by atoms with Gasteiger partial charge in [-0.3, -0.25) is 0 Å². The number of anilines is 1. The number of aromatic carboxylic acids is 1. The molecule has 3 rings (SSSR count). The van der Waals surface area contributed by atoms with E-state index in [0.29, 0.717) is 36.0 Å². The Balaban J connectivity index is 1.69. The van der Waals surface area contributed by atoms with Gasteiger partial charge >= 0.3 is 12.0 Å². The molecule has 0 bridgehead atoms. The van der Waals surface area contributed by atoms with Crippen LogP contribution in [0.5, 0.6) is 29.1 Å². The molecule has 2 N–H and O–H groups in total. The summed E-state index contributed by atoms with van der Waals surface area (Å²) < 4.78 is 21.4. The first-order valence-corrected chi connectivity index (χ1v) is 9.41. The molecule has 0 amide bonds. The average Bonchev–Trinajstić information content (AvgIpc) is 2.78. The summed E-state index contributed by atoms with van der Waals surface area (Å²) in [6, 6.07) is 13.6. The van der Waals surface area contributed by atoms with Gasteiger partial charge in [-0.2, -0.15) is 9.97 Å². The van der Waals surface area contributed by atoms with Gasteiger partial charge in [-0.05, 0) is 42.3 Å². The smallest absolute Gasteiger partial charge is 0.335 e. The van der Waals surface area contributed by atoms with Crippen molar-refractivity contribution in [2.45, 2.75) is 6.42 Å². The van der Waals surface area contributed by atoms with Crippen molar-refractivity contribution in [1.29, 1.82) is 0 Å². The van der Waals surface area contributed by atoms with Crippen molar-refractivity contribution in [1.82, 2.24) is 9.97 Å². The van der Waals surface area contributed by atoms with E-state index in [4.69, 9.17) is 24.1 Å². The Morgan fingerprint density at radius 1 is 0.968 bits per heavy atom. The Morgan fingerprint density at radius 3 is 2.48 bits per heavy atom. The summed E-state index contributed by atoms with van der Waals surface area (Å²) in [5.74, 6) is 1.39. The molecule has 9 heteroatoms. The predicted molar refractivity (Wildman–Crippen MR) is 114 cm³/mol. The minimum atomic E-state index is -1.04. The van der Waals surface area contributed by atoms with E-state index in [1.54, 1.807) is 32.4 Å². The molecule has 3 aromatic rings. The van der Waals surface area contributed by atoms with Crippen LogP contribution >= 0.6 is 0 Å². The van der Waals surface area contributed by atoms with Gasteiger partial charge in [0.2, 0.25) is 5.88 Å². The molecule has 31 heavy (non-hydrogen) atoms. The lowest BCUT2D eigenvalue weighted by molar-refractivity contribution is 0.0696. The van der Waals surface area contributed by atoms with Crippen molar-refractivity contribution in [2.24, 2.45) is 0 Å². The van der Waals surface area contributed by atoms with Crippen molar-refractivity contribution in [2.75, 3.05) is 33.2 Å². The van der Waals surface area contributed by atoms with Crippen molar-refractivity contribution in [3.05, 3.63) is 59.7 Å². The third-order valence-electron chi connectivity index (χ3n) is 4.34. The summed E-state index contributed by atoms with van der Waals surface area (Å²) in [4.78, 5) is 19.6. The van der Waals surface area contributed by atoms with Crippen LogP contribution in [0.4, 0.5) is 5.82 Å². The minimum absolute atomic E-state index is 0.117. The second-order valence-corrected chi connectivity index (χ2v) is 6.38. The highest BCUT2D eigenvalue weighted by atomic mass is 16.5. The fourth-order valence-corrected chi connectivity index (χ4v) is 2.82. The normalized spacial score (nSPS) is 10.3. The average molecular weight is 425 g/mol. The molecule has 0 spiro atoms. The molecule has 0 aliphatic rings. The van der Waals surface area contributed by atoms with Crippen molar-refractivity contribution in [3.63, 3.8) is 0 Å². The molecule has 9 nitrogen and oxygen atoms in total. The first-order valence-electron chi connectivity index (χ1n) is 9.41. The molecule has 2 aromatic carbocycles. The van der Waals surface area contributed by atoms with Gasteiger partial charge in [0, 0.05) is 12.6 Å². The zero-order valence-corrected chi connectivity index (χ0v) is 17.4. The molecule has 0 atom stereocenters. The maximum absolute atomic E-state index is 11.1. The van der Waals surface area contributed by atoms with Crippen LogP contribution in [-0.4, -0.2) is 48.9 Å². The monoisotopic (exact) mass is 425 g/mol. The Hall–Kier alpha value is -4.01. The largest absolute Gasteiger partial charge is 0.493 e. The van der Waals surface area contributed by atoms with Crippen LogP contribution in [0.15, 0.2) is 48.5 Å². The number of hydrogen-bond acceptors (Lipinski definition) is 8. The van der Waals surface area contributed by atoms with E-state index in [0.717, 1.165) is 5.56 Å². The molecule has 0 saturated carbocycles. The van der Waals surface area contributed by atoms with Gasteiger partial charge in [-0.25, -0.2) is 4.79 Å². The molecule has 0 fully saturated rings. The fraction of sp³-hybridized carbons (Fsp3) is 0.227. The molecular formula is C22H23N3O6. The molecule has 162 valence electrons. The summed E-state index contributed by atoms with van der Waals surface area (Å²) in [7, 11) is 4.65. The highest BCUT2D eigenvalue weighted by molar-refractivity contribution is 5.88. The minimum Gasteiger partial charge on any atom is -0.493 e. The Morgan fingerprint density at radius 2 is 1.77 bits per heavy atom. The molecule has 0 radical (unpaired) electrons. The van der Waals surface area contributed by atoms with Crippen molar-refractivity contribution >= 4 is 11.8 Å². The lowest BCUT2D eigenvalue weighted by atomic mass is 10.1. The standard InChI is InChI=1S/C22H23N3O6/c1-28-17-8-7-14(11-18(17)29-2)9-10-23-19-13-20(25-22(24-19)30-3)31-16-6-4-5-15(12-16)21(26)27/h4-8,11-13H,9-10H2,1-3H3,(H,26,27)(H,23,24,25). The summed E-state index contributed by atoms with van der Waals surface area (Å²) >= 11 is 0. The molecule has 1 heterocycles. The van der Waals surface area contributed by atoms with Gasteiger partial charge in [0.1, 0.15) is 11.6 Å². The summed E-state index contributed by atoms with van der Waals surface area (Å²) in [5, 5.41) is 12.3. The zero-order valence-electron chi connectivity index (χ0n) is 17.4. The number of hydrogen-bond donors (Lipinski definition) is 2. The number of methoxy groups -OCH3 is 3. The van der Waals surface area contributed by atoms with Crippen LogP contribution in [0.2, 0.25) is 0 Å². The molecule has 0 unspecified atom stereocenters. The molecule has 1 aromatic heterocycles. The van der Waals surface area contributed by atoms with E-state index in [2.05, 4.69) is 15.3 Å². The van der Waals surface area contributed by atoms with E-state index in [1.165, 1.54) is 19.2 Å². The van der Waals surface area contributed by atoms with Crippen LogP contribution in [0, 0.1) is 0 Å². The lowest BCUT2D eigenvalue weighted by Crippen LogP contribution is -2.08. The predicted octanol–water partition coefficient (Wildman–Crippen LogP) is 3.65. The second-order valence-electron chi connectivity index (χ2n) is 6.38. The summed E-state index contributed by atoms with van der Waals surface area (Å²) in [6.45, 7) is 0.587. The van der Waals surface area contributed by atoms with Crippen LogP contribution in [0.3, 0.4) is 0 Å². The number of rotatable bonds is 10. The van der Waals surface area contributed by atoms with E-state index < -0.39 is 5.97 Å². The number of nitrogens with zero attached hydrogens (tertiary/aromatic N) is 2. The van der Waals surface area contributed by atoms with Gasteiger partial charge in [0.15, 0.2) is 11.5 Å². The van der Waals surface area contributed by atoms with Crippen LogP contribution in [-0.2, 0) is 6.42 Å². The highest BCUT2D eigenvalue weighted by Crippen LogP contribution is 2.28. The molecular weight excluding hydrogens is 402 g/mol. The Labute approximate surface area is 179 Å². The number of aromatic nitrogens is 2. The van der Waals surface area contributed by atoms with E-state index in [1.807, 2.05) is 18.2 Å². The van der Waals surface area contributed by atoms with Crippen LogP contribution < -0.4 is 24.3 Å². The van der Waals surface area contributed by atoms with E-state index in [-0.39, 0.29) is 17.5 Å². The molecule has 0 saturated heterocycles. The third kappa shape index (κ3) is 5.75. The van der Waals surface area contributed by atoms with Crippen molar-refractivity contribution in [3.8, 4) is 29.1 Å². The highest BCUT2D eigenvalue weighted by Gasteiger charge is 2.10. The Kier molecular flexibility index (Phi) is 7.10. The molecule has 0 aliphatic carbocycles. The van der Waals surface area contributed by atoms with E-state index in [9.17, 15) is 4.79 Å². The summed E-state index contributed by atoms with van der Waals surface area (Å²) in [6.07, 6.45) is 0.712. The number of carboxylic acid groups (broad SMARTS) is 1. The summed E-state index contributed by atoms with van der Waals surface area (Å²) in [5.41, 5.74) is 1.18. The van der Waals surface area contributed by atoms with Gasteiger partial charge in [-0.15, -0.1) is 0 Å². The van der Waals surface area contributed by atoms with Gasteiger partial charge < -0.3 is 29.4 Å².